The number of aryl methyl sites for hydroxylation is 2. The summed E-state index contributed by atoms with van der Waals surface area (Å²) >= 11 is 0. The molecular weight excluding hydrogens is 1060 g/mol. The molecule has 6 N–H and O–H groups in total. The number of fused-ring (bicyclic) bond motifs is 3. The number of likely N-dealkylation sites (tertiary alicyclic amines) is 3. The zero-order chi connectivity index (χ0) is 57.6. The van der Waals surface area contributed by atoms with E-state index in [1.807, 2.05) is 12.1 Å². The SMILES string of the molecule is COc1cccc(OC2C[C@@H]3CN(CC(O)c4ccc(O)cn4)C[C@@H]3C2)c1F.Cc1cccc(OC2C[C@@H]3CN(CC(O)c4ccc(O)cc4)C[C@@H]3C2)c1F.Cc1cccc(OC2C[C@@H]3CN(CC(O)c4ccc(O)cn4)C[C@@H]3C2)c1F. The number of aromatic nitrogens is 2. The van der Waals surface area contributed by atoms with Gasteiger partial charge >= 0.3 is 0 Å². The molecule has 3 aliphatic carbocycles. The second kappa shape index (κ2) is 26.3. The maximum Gasteiger partial charge on any atom is 0.206 e. The van der Waals surface area contributed by atoms with Crippen LogP contribution in [-0.4, -0.2) is 140 Å². The van der Waals surface area contributed by atoms with Gasteiger partial charge in [0.1, 0.15) is 29.5 Å². The third-order valence-corrected chi connectivity index (χ3v) is 17.5. The van der Waals surface area contributed by atoms with Crippen LogP contribution in [0.4, 0.5) is 13.2 Å². The van der Waals surface area contributed by atoms with Gasteiger partial charge in [-0.3, -0.25) is 24.7 Å². The lowest BCUT2D eigenvalue weighted by atomic mass is 10.0. The summed E-state index contributed by atoms with van der Waals surface area (Å²) < 4.78 is 65.5. The molecule has 5 heterocycles. The van der Waals surface area contributed by atoms with Crippen molar-refractivity contribution < 1.29 is 62.8 Å². The number of aliphatic hydroxyl groups excluding tert-OH is 3. The van der Waals surface area contributed by atoms with Gasteiger partial charge in [0, 0.05) is 58.9 Å². The molecule has 6 fully saturated rings. The lowest BCUT2D eigenvalue weighted by molar-refractivity contribution is 0.112. The second-order valence-corrected chi connectivity index (χ2v) is 23.4. The van der Waals surface area contributed by atoms with Crippen molar-refractivity contribution in [2.75, 3.05) is 66.0 Å². The smallest absolute Gasteiger partial charge is 0.206 e. The van der Waals surface area contributed by atoms with Gasteiger partial charge in [0.25, 0.3) is 0 Å². The van der Waals surface area contributed by atoms with Crippen LogP contribution >= 0.6 is 0 Å². The van der Waals surface area contributed by atoms with E-state index in [4.69, 9.17) is 18.9 Å². The Morgan fingerprint density at radius 1 is 0.439 bits per heavy atom. The minimum absolute atomic E-state index is 0.00226. The molecule has 15 nitrogen and oxygen atoms in total. The molecule has 6 aliphatic rings. The van der Waals surface area contributed by atoms with E-state index in [9.17, 15) is 43.8 Å². The molecule has 2 aromatic heterocycles. The zero-order valence-corrected chi connectivity index (χ0v) is 46.7. The Morgan fingerprint density at radius 3 is 1.12 bits per heavy atom. The van der Waals surface area contributed by atoms with Crippen molar-refractivity contribution in [3.63, 3.8) is 0 Å². The molecule has 0 amide bonds. The number of methoxy groups -OCH3 is 1. The summed E-state index contributed by atoms with van der Waals surface area (Å²) in [4.78, 5) is 15.0. The number of phenolic OH excluding ortho intramolecular Hbond substituents is 1. The van der Waals surface area contributed by atoms with Gasteiger partial charge in [-0.2, -0.15) is 4.39 Å². The normalized spacial score (nSPS) is 25.9. The molecule has 6 aromatic rings. The molecular formula is C64H76F3N5O10. The summed E-state index contributed by atoms with van der Waals surface area (Å²) in [5.41, 5.74) is 3.17. The lowest BCUT2D eigenvalue weighted by Gasteiger charge is -2.22. The maximum absolute atomic E-state index is 14.3. The van der Waals surface area contributed by atoms with E-state index < -0.39 is 24.1 Å². The Hall–Kier alpha value is -6.67. The molecule has 82 heavy (non-hydrogen) atoms. The molecule has 4 aromatic carbocycles. The third kappa shape index (κ3) is 14.4. The van der Waals surface area contributed by atoms with Crippen LogP contribution in [0.3, 0.4) is 0 Å². The van der Waals surface area contributed by atoms with E-state index in [0.29, 0.717) is 89.2 Å². The number of aromatic hydroxyl groups is 3. The van der Waals surface area contributed by atoms with E-state index in [2.05, 4.69) is 24.7 Å². The van der Waals surface area contributed by atoms with Crippen molar-refractivity contribution in [2.45, 2.75) is 89.0 Å². The van der Waals surface area contributed by atoms with Crippen molar-refractivity contribution in [1.29, 1.82) is 0 Å². The highest BCUT2D eigenvalue weighted by molar-refractivity contribution is 5.36. The summed E-state index contributed by atoms with van der Waals surface area (Å²) in [6, 6.07) is 28.6. The van der Waals surface area contributed by atoms with E-state index in [1.165, 1.54) is 31.6 Å². The Kier molecular flexibility index (Phi) is 18.8. The highest BCUT2D eigenvalue weighted by atomic mass is 19.1. The molecule has 3 saturated heterocycles. The number of hydrogen-bond donors (Lipinski definition) is 6. The Morgan fingerprint density at radius 2 is 0.768 bits per heavy atom. The van der Waals surface area contributed by atoms with Gasteiger partial charge in [-0.1, -0.05) is 42.5 Å². The molecule has 3 saturated carbocycles. The Balaban J connectivity index is 0.000000138. The van der Waals surface area contributed by atoms with Gasteiger partial charge < -0.3 is 49.6 Å². The van der Waals surface area contributed by atoms with E-state index >= 15 is 0 Å². The van der Waals surface area contributed by atoms with Crippen LogP contribution in [0.5, 0.6) is 40.2 Å². The van der Waals surface area contributed by atoms with Crippen LogP contribution in [-0.2, 0) is 0 Å². The maximum atomic E-state index is 14.3. The summed E-state index contributed by atoms with van der Waals surface area (Å²) in [6.07, 6.45) is 6.38. The highest BCUT2D eigenvalue weighted by Crippen LogP contribution is 2.44. The number of pyridine rings is 2. The van der Waals surface area contributed by atoms with Gasteiger partial charge in [0.2, 0.25) is 5.82 Å². The second-order valence-electron chi connectivity index (χ2n) is 23.4. The number of β-amino-alcohol motifs (C(OH)–C–C–N with tert-alkyl or cyclic N) is 3. The standard InChI is InChI=1S/C22H26FNO3.C21H25FN2O4.C21H25FN2O3/c1-14-3-2-4-21(22(14)23)27-19-9-16-11-24(12-17(16)10-19)13-20(26)15-5-7-18(25)8-6-15;1-27-19-3-2-4-20(21(19)22)28-16-7-13-10-24(11-14(13)8-16)12-18(26)17-6-5-15(25)9-23-17;1-13-3-2-4-20(21(13)22)27-17-7-14-10-24(11-15(14)8-17)12-19(26)18-6-5-16(25)9-23-18/h2-8,16-17,19-20,25-26H,9-13H2,1H3;2-6,9,13-14,16,18,25-26H,7-8,10-12H2,1H3;2-6,9,14-15,17,19,25-26H,7-8,10-12H2,1H3/t16-,17+,19?,20?;13-,14+,16?,18?;14-,15+,17?,19?. The first kappa shape index (κ1) is 58.5. The van der Waals surface area contributed by atoms with Crippen molar-refractivity contribution in [3.05, 3.63) is 161 Å². The minimum Gasteiger partial charge on any atom is -0.508 e. The largest absolute Gasteiger partial charge is 0.508 e. The number of benzene rings is 4. The first-order chi connectivity index (χ1) is 39.5. The summed E-state index contributed by atoms with van der Waals surface area (Å²) in [7, 11) is 1.44. The van der Waals surface area contributed by atoms with Gasteiger partial charge in [-0.15, -0.1) is 0 Å². The van der Waals surface area contributed by atoms with Gasteiger partial charge in [0.05, 0.1) is 55.3 Å². The van der Waals surface area contributed by atoms with Crippen LogP contribution < -0.4 is 18.9 Å². The lowest BCUT2D eigenvalue weighted by Crippen LogP contribution is -2.29. The number of ether oxygens (including phenoxy) is 4. The van der Waals surface area contributed by atoms with E-state index in [-0.39, 0.29) is 58.7 Å². The van der Waals surface area contributed by atoms with Crippen LogP contribution in [0.1, 0.15) is 84.9 Å². The van der Waals surface area contributed by atoms with Gasteiger partial charge in [-0.05, 0) is 165 Å². The fourth-order valence-corrected chi connectivity index (χ4v) is 13.4. The molecule has 3 aliphatic heterocycles. The molecule has 12 rings (SSSR count). The molecule has 0 spiro atoms. The summed E-state index contributed by atoms with van der Waals surface area (Å²) in [5, 5.41) is 59.2. The predicted octanol–water partition coefficient (Wildman–Crippen LogP) is 9.48. The first-order valence-electron chi connectivity index (χ1n) is 28.6. The molecule has 18 heteroatoms. The highest BCUT2D eigenvalue weighted by Gasteiger charge is 2.45. The monoisotopic (exact) mass is 1130 g/mol. The number of nitrogens with zero attached hydrogens (tertiary/aromatic N) is 5. The number of aliphatic hydroxyl groups is 3. The molecule has 0 bridgehead atoms. The molecule has 0 radical (unpaired) electrons. The number of halogens is 3. The average Bonchev–Trinajstić information content (AvgIpc) is 4.21. The molecule has 12 atom stereocenters. The molecule has 6 unspecified atom stereocenters. The summed E-state index contributed by atoms with van der Waals surface area (Å²) in [6.45, 7) is 10.6. The van der Waals surface area contributed by atoms with Crippen molar-refractivity contribution in [1.82, 2.24) is 24.7 Å². The fourth-order valence-electron chi connectivity index (χ4n) is 13.4. The van der Waals surface area contributed by atoms with Gasteiger partial charge in [-0.25, -0.2) is 8.78 Å². The van der Waals surface area contributed by atoms with Crippen LogP contribution in [0.25, 0.3) is 0 Å². The zero-order valence-electron chi connectivity index (χ0n) is 46.7. The first-order valence-corrected chi connectivity index (χ1v) is 28.6. The third-order valence-electron chi connectivity index (χ3n) is 17.5. The fraction of sp³-hybridized carbons (Fsp3) is 0.469. The van der Waals surface area contributed by atoms with E-state index in [1.54, 1.807) is 92.7 Å². The van der Waals surface area contributed by atoms with Crippen LogP contribution in [0.2, 0.25) is 0 Å². The average molecular weight is 1130 g/mol. The van der Waals surface area contributed by atoms with Crippen LogP contribution in [0.15, 0.2) is 116 Å². The number of hydrogen-bond acceptors (Lipinski definition) is 15. The Bertz CT molecular complexity index is 2880. The van der Waals surface area contributed by atoms with Crippen molar-refractivity contribution in [3.8, 4) is 40.2 Å². The van der Waals surface area contributed by atoms with E-state index in [0.717, 1.165) is 83.4 Å². The molecule has 438 valence electrons. The summed E-state index contributed by atoms with van der Waals surface area (Å²) in [5.74, 6) is 3.65. The Labute approximate surface area is 477 Å². The number of phenols is 1. The van der Waals surface area contributed by atoms with Gasteiger partial charge in [0.15, 0.2) is 34.6 Å². The predicted molar refractivity (Wildman–Crippen MR) is 301 cm³/mol. The quantitative estimate of drug-likeness (QED) is 0.0536. The van der Waals surface area contributed by atoms with Crippen LogP contribution in [0, 0.1) is 66.8 Å². The van der Waals surface area contributed by atoms with Crippen molar-refractivity contribution in [2.24, 2.45) is 35.5 Å². The minimum atomic E-state index is -0.683. The van der Waals surface area contributed by atoms with Crippen molar-refractivity contribution >= 4 is 0 Å². The number of rotatable bonds is 16. The topological polar surface area (TPSA) is 194 Å².